The van der Waals surface area contributed by atoms with E-state index in [-0.39, 0.29) is 22.9 Å². The van der Waals surface area contributed by atoms with Crippen molar-refractivity contribution in [2.45, 2.75) is 10.6 Å². The van der Waals surface area contributed by atoms with Gasteiger partial charge in [-0.15, -0.1) is 0 Å². The summed E-state index contributed by atoms with van der Waals surface area (Å²) < 4.78 is 58.4. The molecule has 8 N–H and O–H groups in total. The monoisotopic (exact) mass is 364 g/mol. The van der Waals surface area contributed by atoms with Crippen molar-refractivity contribution in [3.05, 3.63) is 66.2 Å². The smallest absolute Gasteiger partial charge is 0.294 e. The van der Waals surface area contributed by atoms with Crippen molar-refractivity contribution in [3.63, 3.8) is 0 Å². The molecular weight excluding hydrogens is 344 g/mol. The summed E-state index contributed by atoms with van der Waals surface area (Å²) >= 11 is 0. The molecule has 2 rings (SSSR count). The van der Waals surface area contributed by atoms with Crippen LogP contribution in [0, 0.1) is 0 Å². The molecule has 23 heavy (non-hydrogen) atoms. The van der Waals surface area contributed by atoms with E-state index in [9.17, 15) is 16.8 Å². The summed E-state index contributed by atoms with van der Waals surface area (Å²) in [5, 5.41) is 0. The van der Waals surface area contributed by atoms with Gasteiger partial charge in [0.15, 0.2) is 0 Å². The minimum atomic E-state index is -4.00. The molecule has 10 heteroatoms. The zero-order valence-electron chi connectivity index (χ0n) is 12.2. The molecule has 2 aromatic rings. The van der Waals surface area contributed by atoms with Gasteiger partial charge in [0.05, 0.1) is 4.90 Å². The Kier molecular flexibility index (Phi) is 10.2. The Morgan fingerprint density at radius 1 is 0.696 bits per heavy atom. The van der Waals surface area contributed by atoms with Crippen molar-refractivity contribution in [3.8, 4) is 0 Å². The van der Waals surface area contributed by atoms with Crippen LogP contribution < -0.4 is 12.3 Å². The van der Waals surface area contributed by atoms with Gasteiger partial charge in [0, 0.05) is 0 Å². The largest absolute Gasteiger partial charge is 0.344 e. The lowest BCUT2D eigenvalue weighted by Crippen LogP contribution is -2.00. The topological polar surface area (TPSA) is 179 Å². The second-order valence-electron chi connectivity index (χ2n) is 4.00. The van der Waals surface area contributed by atoms with Crippen LogP contribution in [-0.2, 0) is 26.0 Å². The van der Waals surface area contributed by atoms with E-state index in [2.05, 4.69) is 0 Å². The van der Waals surface area contributed by atoms with E-state index in [1.165, 1.54) is 12.1 Å². The summed E-state index contributed by atoms with van der Waals surface area (Å²) in [6, 6.07) is 15.9. The summed E-state index contributed by atoms with van der Waals surface area (Å²) in [6.45, 7) is 0. The molecule has 2 aromatic carbocycles. The molecule has 0 aromatic heterocycles. The lowest BCUT2D eigenvalue weighted by Gasteiger charge is -1.95. The van der Waals surface area contributed by atoms with Crippen LogP contribution in [0.4, 0.5) is 0 Å². The van der Waals surface area contributed by atoms with Gasteiger partial charge in [-0.2, -0.15) is 16.8 Å². The zero-order chi connectivity index (χ0) is 15.9. The van der Waals surface area contributed by atoms with E-state index in [0.717, 1.165) is 0 Å². The predicted octanol–water partition coefficient (Wildman–Crippen LogP) is 2.33. The van der Waals surface area contributed by atoms with Crippen molar-refractivity contribution < 1.29 is 25.9 Å². The normalized spacial score (nSPS) is 10.3. The molecule has 0 spiro atoms. The first-order valence-electron chi connectivity index (χ1n) is 5.70. The molecule has 0 amide bonds. The highest BCUT2D eigenvalue weighted by Crippen LogP contribution is 2.05. The van der Waals surface area contributed by atoms with Gasteiger partial charge >= 0.3 is 0 Å². The Bertz CT molecular complexity index is 763. The quantitative estimate of drug-likeness (QED) is 0.599. The highest BCUT2D eigenvalue weighted by atomic mass is 32.2. The highest BCUT2D eigenvalue weighted by Gasteiger charge is 2.06. The first kappa shape index (κ1) is 23.4. The van der Waals surface area contributed by atoms with E-state index in [0.29, 0.717) is 5.56 Å². The van der Waals surface area contributed by atoms with E-state index in [1.54, 1.807) is 48.5 Å². The number of hydrogen-bond acceptors (Lipinski definition) is 6. The summed E-state index contributed by atoms with van der Waals surface area (Å²) in [4.78, 5) is -0.0741. The minimum absolute atomic E-state index is 0. The van der Waals surface area contributed by atoms with Gasteiger partial charge in [-0.1, -0.05) is 48.5 Å². The van der Waals surface area contributed by atoms with Crippen LogP contribution in [0.3, 0.4) is 0 Å². The van der Waals surface area contributed by atoms with E-state index in [4.69, 9.17) is 9.11 Å². The molecule has 0 bridgehead atoms. The summed E-state index contributed by atoms with van der Waals surface area (Å²) in [5.74, 6) is -0.312. The lowest BCUT2D eigenvalue weighted by atomic mass is 10.2. The maximum absolute atomic E-state index is 10.4. The van der Waals surface area contributed by atoms with Crippen molar-refractivity contribution >= 4 is 20.2 Å². The number of hydrogen-bond donors (Lipinski definition) is 4. The van der Waals surface area contributed by atoms with Crippen molar-refractivity contribution in [1.82, 2.24) is 12.3 Å². The van der Waals surface area contributed by atoms with Crippen LogP contribution in [0.15, 0.2) is 65.6 Å². The van der Waals surface area contributed by atoms with Crippen LogP contribution in [0.5, 0.6) is 0 Å². The molecule has 0 radical (unpaired) electrons. The average molecular weight is 364 g/mol. The van der Waals surface area contributed by atoms with E-state index in [1.807, 2.05) is 0 Å². The molecule has 0 heterocycles. The molecule has 130 valence electrons. The molecule has 0 aliphatic carbocycles. The fraction of sp³-hybridized carbons (Fsp3) is 0.0769. The molecule has 0 aliphatic rings. The van der Waals surface area contributed by atoms with Gasteiger partial charge < -0.3 is 12.3 Å². The van der Waals surface area contributed by atoms with Gasteiger partial charge in [0.1, 0.15) is 5.75 Å². The van der Waals surface area contributed by atoms with Gasteiger partial charge in [-0.3, -0.25) is 9.11 Å². The average Bonchev–Trinajstić information content (AvgIpc) is 2.39. The molecule has 8 nitrogen and oxygen atoms in total. The Hall–Kier alpha value is -1.82. The summed E-state index contributed by atoms with van der Waals surface area (Å²) in [6.07, 6.45) is 0. The van der Waals surface area contributed by atoms with Gasteiger partial charge in [-0.05, 0) is 17.7 Å². The fourth-order valence-electron chi connectivity index (χ4n) is 1.38. The van der Waals surface area contributed by atoms with Gasteiger partial charge in [-0.25, -0.2) is 0 Å². The Morgan fingerprint density at radius 2 is 1.09 bits per heavy atom. The fourth-order valence-corrected chi connectivity index (χ4v) is 2.49. The van der Waals surface area contributed by atoms with Crippen LogP contribution in [0.2, 0.25) is 0 Å². The van der Waals surface area contributed by atoms with E-state index < -0.39 is 20.2 Å². The first-order valence-corrected chi connectivity index (χ1v) is 8.75. The third-order valence-corrected chi connectivity index (χ3v) is 3.80. The Balaban J connectivity index is 0. The summed E-state index contributed by atoms with van der Waals surface area (Å²) in [5.41, 5.74) is 0.593. The Morgan fingerprint density at radius 3 is 1.39 bits per heavy atom. The van der Waals surface area contributed by atoms with Crippen LogP contribution >= 0.6 is 0 Å². The second-order valence-corrected chi connectivity index (χ2v) is 6.87. The molecular formula is C13H20N2O6S2. The van der Waals surface area contributed by atoms with Gasteiger partial charge in [0.25, 0.3) is 20.2 Å². The number of rotatable bonds is 3. The number of benzene rings is 2. The minimum Gasteiger partial charge on any atom is -0.344 e. The third-order valence-electron chi connectivity index (χ3n) is 2.23. The Labute approximate surface area is 135 Å². The van der Waals surface area contributed by atoms with Gasteiger partial charge in [0.2, 0.25) is 0 Å². The molecule has 0 saturated heterocycles. The predicted molar refractivity (Wildman–Crippen MR) is 88.0 cm³/mol. The van der Waals surface area contributed by atoms with Crippen LogP contribution in [0.25, 0.3) is 0 Å². The maximum atomic E-state index is 10.4. The first-order chi connectivity index (χ1) is 9.68. The SMILES string of the molecule is N.N.O=S(=O)(O)Cc1ccccc1.O=S(=O)(O)c1ccccc1. The van der Waals surface area contributed by atoms with Crippen molar-refractivity contribution in [2.75, 3.05) is 0 Å². The maximum Gasteiger partial charge on any atom is 0.294 e. The molecule has 0 atom stereocenters. The summed E-state index contributed by atoms with van der Waals surface area (Å²) in [7, 11) is -7.88. The van der Waals surface area contributed by atoms with Crippen molar-refractivity contribution in [2.24, 2.45) is 0 Å². The molecule has 0 unspecified atom stereocenters. The van der Waals surface area contributed by atoms with Crippen LogP contribution in [0.1, 0.15) is 5.56 Å². The second kappa shape index (κ2) is 10.0. The molecule has 0 fully saturated rings. The molecule has 0 saturated carbocycles. The van der Waals surface area contributed by atoms with Crippen LogP contribution in [-0.4, -0.2) is 25.9 Å². The highest BCUT2D eigenvalue weighted by molar-refractivity contribution is 7.85. The third kappa shape index (κ3) is 10.5. The van der Waals surface area contributed by atoms with E-state index >= 15 is 0 Å². The zero-order valence-corrected chi connectivity index (χ0v) is 13.9. The standard InChI is InChI=1S/C7H8O3S.C6H6O3S.2H3N/c8-11(9,10)6-7-4-2-1-3-5-7;7-10(8,9)6-4-2-1-3-5-6;;/h1-5H,6H2,(H,8,9,10);1-5H,(H,7,8,9);2*1H3. The lowest BCUT2D eigenvalue weighted by molar-refractivity contribution is 0.480. The van der Waals surface area contributed by atoms with Crippen molar-refractivity contribution in [1.29, 1.82) is 0 Å². The molecule has 0 aliphatic heterocycles.